The second-order valence-electron chi connectivity index (χ2n) is 7.31. The molecule has 3 heterocycles. The molecule has 8 atom stereocenters. The monoisotopic (exact) mass is 707 g/mol. The van der Waals surface area contributed by atoms with Gasteiger partial charge in [-0.3, -0.25) is 18.9 Å². The quantitative estimate of drug-likeness (QED) is 0.0729. The van der Waals surface area contributed by atoms with Gasteiger partial charge in [-0.25, -0.2) is 27.8 Å². The fourth-order valence-corrected chi connectivity index (χ4v) is 8.88. The van der Waals surface area contributed by atoms with Gasteiger partial charge in [-0.15, -0.1) is 0 Å². The van der Waals surface area contributed by atoms with Crippen LogP contribution in [0.5, 0.6) is 0 Å². The predicted octanol–water partition coefficient (Wildman–Crippen LogP) is -4.99. The Morgan fingerprint density at radius 2 is 1.44 bits per heavy atom. The summed E-state index contributed by atoms with van der Waals surface area (Å²) in [4.78, 5) is 76.0. The molecule has 4 unspecified atom stereocenters. The maximum absolute atomic E-state index is 12.1. The van der Waals surface area contributed by atoms with Crippen LogP contribution in [-0.4, -0.2) is 84.0 Å². The number of aromatic nitrogens is 4. The van der Waals surface area contributed by atoms with E-state index in [0.717, 1.165) is 10.9 Å². The van der Waals surface area contributed by atoms with Crippen molar-refractivity contribution in [2.24, 2.45) is 0 Å². The van der Waals surface area contributed by atoms with Crippen LogP contribution in [0.3, 0.4) is 0 Å². The summed E-state index contributed by atoms with van der Waals surface area (Å²) in [5, 5.41) is 20.6. The summed E-state index contributed by atoms with van der Waals surface area (Å²) >= 11 is 0. The largest absolute Gasteiger partial charge is 1.00 e. The molecule has 2 aromatic heterocycles. The van der Waals surface area contributed by atoms with Crippen molar-refractivity contribution in [1.82, 2.24) is 19.5 Å². The standard InChI is InChI=1S/C10H18N5O20P5.Na.H/c11-10-13-7-4(8(18)14-10)12-2-15(7)9-6(17)5(16)3(31-9)1-30-37(22,23)33-39(26,27)35-40(28,29)34-38(24,25)32-36(19,20)21;;/h2-3,5-6,9,16-17H,1H2,(H,22,23)(H,24,25)(H,26,27)(H,28,29)(H2,19,20,21)(H3,11,13,14,18);;/q;+1;-1/t3-,5-,6-,9-;;/m1../s1. The van der Waals surface area contributed by atoms with Crippen LogP contribution >= 0.6 is 39.1 Å². The fraction of sp³-hybridized carbons (Fsp3) is 0.500. The van der Waals surface area contributed by atoms with Gasteiger partial charge in [0.05, 0.1) is 12.9 Å². The molecule has 230 valence electrons. The van der Waals surface area contributed by atoms with Crippen LogP contribution in [0.25, 0.3) is 11.2 Å². The van der Waals surface area contributed by atoms with Crippen LogP contribution in [0.2, 0.25) is 0 Å². The first-order valence-corrected chi connectivity index (χ1v) is 17.1. The number of aliphatic hydroxyl groups excluding tert-OH is 2. The van der Waals surface area contributed by atoms with E-state index in [-0.39, 0.29) is 48.1 Å². The van der Waals surface area contributed by atoms with E-state index in [4.69, 9.17) is 25.2 Å². The number of hydrogen-bond donors (Lipinski definition) is 10. The first-order valence-electron chi connectivity index (χ1n) is 9.60. The molecule has 3 rings (SSSR count). The molecule has 11 N–H and O–H groups in total. The van der Waals surface area contributed by atoms with Crippen molar-refractivity contribution in [2.75, 3.05) is 12.3 Å². The summed E-state index contributed by atoms with van der Waals surface area (Å²) < 4.78 is 81.8. The topological polar surface area (TPSA) is 392 Å². The molecule has 0 amide bonds. The van der Waals surface area contributed by atoms with Crippen molar-refractivity contribution in [2.45, 2.75) is 24.5 Å². The smallest absolute Gasteiger partial charge is 1.00 e. The van der Waals surface area contributed by atoms with E-state index >= 15 is 0 Å². The number of nitrogens with two attached hydrogens (primary N) is 1. The van der Waals surface area contributed by atoms with Crippen LogP contribution < -0.4 is 40.9 Å². The van der Waals surface area contributed by atoms with Crippen LogP contribution in [-0.2, 0) is 49.3 Å². The number of nitrogen functional groups attached to an aromatic ring is 1. The van der Waals surface area contributed by atoms with E-state index in [2.05, 4.69) is 36.7 Å². The third-order valence-electron chi connectivity index (χ3n) is 4.29. The van der Waals surface area contributed by atoms with Gasteiger partial charge >= 0.3 is 68.7 Å². The summed E-state index contributed by atoms with van der Waals surface area (Å²) in [5.41, 5.74) is 4.29. The Morgan fingerprint density at radius 1 is 0.927 bits per heavy atom. The molecule has 1 fully saturated rings. The number of phosphoric ester groups is 1. The zero-order chi connectivity index (χ0) is 30.5. The molecule has 0 aliphatic carbocycles. The molecule has 0 aromatic carbocycles. The van der Waals surface area contributed by atoms with E-state index < -0.39 is 75.8 Å². The van der Waals surface area contributed by atoms with E-state index in [1.165, 1.54) is 0 Å². The van der Waals surface area contributed by atoms with Gasteiger partial charge in [0.15, 0.2) is 17.4 Å². The van der Waals surface area contributed by atoms with Crippen LogP contribution in [0.4, 0.5) is 5.95 Å². The summed E-state index contributed by atoms with van der Waals surface area (Å²) in [7, 11) is -30.2. The van der Waals surface area contributed by atoms with Gasteiger partial charge in [-0.05, 0) is 0 Å². The Hall–Kier alpha value is -0.260. The van der Waals surface area contributed by atoms with E-state index in [9.17, 15) is 52.5 Å². The number of rotatable bonds is 12. The Labute approximate surface area is 248 Å². The number of ether oxygens (including phenoxy) is 1. The fourth-order valence-electron chi connectivity index (χ4n) is 2.99. The van der Waals surface area contributed by atoms with Gasteiger partial charge in [0.1, 0.15) is 18.3 Å². The average molecular weight is 707 g/mol. The Morgan fingerprint density at radius 3 is 1.98 bits per heavy atom. The van der Waals surface area contributed by atoms with Crippen molar-refractivity contribution in [3.63, 3.8) is 0 Å². The van der Waals surface area contributed by atoms with Gasteiger partial charge in [0.2, 0.25) is 5.95 Å². The van der Waals surface area contributed by atoms with Crippen molar-refractivity contribution < 1.29 is 120 Å². The number of fused-ring (bicyclic) bond motifs is 1. The molecule has 1 aliphatic heterocycles. The normalized spacial score (nSPS) is 27.3. The number of imidazole rings is 1. The number of H-pyrrole nitrogens is 1. The number of nitrogens with zero attached hydrogens (tertiary/aromatic N) is 3. The van der Waals surface area contributed by atoms with Crippen molar-refractivity contribution in [3.8, 4) is 0 Å². The molecule has 0 saturated carbocycles. The number of aromatic amines is 1. The second kappa shape index (κ2) is 13.0. The van der Waals surface area contributed by atoms with Gasteiger partial charge < -0.3 is 51.5 Å². The van der Waals surface area contributed by atoms with E-state index in [1.807, 2.05) is 0 Å². The summed E-state index contributed by atoms with van der Waals surface area (Å²) in [6.45, 7) is -1.18. The molecule has 41 heavy (non-hydrogen) atoms. The summed E-state index contributed by atoms with van der Waals surface area (Å²) in [6.07, 6.45) is -5.91. The molecule has 25 nitrogen and oxygen atoms in total. The summed E-state index contributed by atoms with van der Waals surface area (Å²) in [6, 6.07) is 0. The zero-order valence-electron chi connectivity index (χ0n) is 20.7. The maximum Gasteiger partial charge on any atom is 1.00 e. The maximum atomic E-state index is 12.1. The van der Waals surface area contributed by atoms with E-state index in [1.54, 1.807) is 0 Å². The minimum absolute atomic E-state index is 0. The molecular formula is C10H19N5NaO20P5. The van der Waals surface area contributed by atoms with Gasteiger partial charge in [0.25, 0.3) is 5.56 Å². The van der Waals surface area contributed by atoms with Crippen LogP contribution in [0, 0.1) is 0 Å². The van der Waals surface area contributed by atoms with E-state index in [0.29, 0.717) is 0 Å². The van der Waals surface area contributed by atoms with Crippen LogP contribution in [0.1, 0.15) is 7.65 Å². The third-order valence-corrected chi connectivity index (χ3v) is 11.4. The second-order valence-corrected chi connectivity index (χ2v) is 14.9. The molecule has 0 bridgehead atoms. The molecule has 2 aromatic rings. The SMILES string of the molecule is Nc1nc2c(ncn2[C@@H]2O[C@H](COP(=O)(O)OP(=O)(O)OP(=O)(O)OP(=O)(O)OP(=O)(O)O)[C@@H](O)[C@H]2O)c(=O)[nH]1.[H-].[Na+]. The number of hydrogen-bond acceptors (Lipinski definition) is 17. The molecule has 1 aliphatic rings. The number of nitrogens with one attached hydrogen (secondary N) is 1. The number of anilines is 1. The molecule has 1 saturated heterocycles. The summed E-state index contributed by atoms with van der Waals surface area (Å²) in [5.74, 6) is -0.338. The van der Waals surface area contributed by atoms with Gasteiger partial charge in [0, 0.05) is 0 Å². The predicted molar refractivity (Wildman–Crippen MR) is 121 cm³/mol. The Bertz CT molecular complexity index is 1580. The third kappa shape index (κ3) is 10.1. The number of aliphatic hydroxyl groups is 2. The first-order chi connectivity index (χ1) is 18.0. The van der Waals surface area contributed by atoms with Gasteiger partial charge in [-0.1, -0.05) is 0 Å². The van der Waals surface area contributed by atoms with Crippen molar-refractivity contribution in [3.05, 3.63) is 16.7 Å². The van der Waals surface area contributed by atoms with Crippen LogP contribution in [0.15, 0.2) is 11.1 Å². The first kappa shape index (κ1) is 36.9. The number of phosphoric acid groups is 5. The molecule has 0 spiro atoms. The minimum atomic E-state index is -6.28. The molecular weight excluding hydrogens is 688 g/mol. The van der Waals surface area contributed by atoms with Crippen molar-refractivity contribution in [1.29, 1.82) is 0 Å². The minimum Gasteiger partial charge on any atom is -1.00 e. The van der Waals surface area contributed by atoms with Gasteiger partial charge in [-0.2, -0.15) is 22.2 Å². The Balaban J connectivity index is 0.00000441. The average Bonchev–Trinajstić information content (AvgIpc) is 3.23. The zero-order valence-corrected chi connectivity index (χ0v) is 26.2. The Kier molecular flexibility index (Phi) is 11.7. The van der Waals surface area contributed by atoms with Crippen molar-refractivity contribution >= 4 is 56.2 Å². The molecule has 31 heteroatoms. The molecule has 0 radical (unpaired) electrons.